The molecule has 1 N–H and O–H groups in total. The number of aromatic nitrogens is 1. The maximum atomic E-state index is 13.0. The summed E-state index contributed by atoms with van der Waals surface area (Å²) in [6.45, 7) is 0.674. The van der Waals surface area contributed by atoms with Gasteiger partial charge in [-0.2, -0.15) is 0 Å². The van der Waals surface area contributed by atoms with Crippen LogP contribution in [0.3, 0.4) is 0 Å². The van der Waals surface area contributed by atoms with Crippen LogP contribution in [-0.4, -0.2) is 12.0 Å². The molecule has 2 rings (SSSR count). The predicted molar refractivity (Wildman–Crippen MR) is 76.2 cm³/mol. The van der Waals surface area contributed by atoms with Gasteiger partial charge in [0, 0.05) is 12.7 Å². The number of benzene rings is 1. The summed E-state index contributed by atoms with van der Waals surface area (Å²) >= 11 is 9.32. The largest absolute Gasteiger partial charge is 0.436 e. The SMILES string of the molecule is CNCc1cnc(Oc2ccc(F)cc2Br)c(Cl)c1. The maximum absolute atomic E-state index is 13.0. The Hall–Kier alpha value is -1.17. The molecule has 0 amide bonds. The highest BCUT2D eigenvalue weighted by Gasteiger charge is 2.09. The van der Waals surface area contributed by atoms with Gasteiger partial charge in [-0.3, -0.25) is 0 Å². The molecule has 0 saturated heterocycles. The van der Waals surface area contributed by atoms with E-state index in [1.165, 1.54) is 18.2 Å². The smallest absolute Gasteiger partial charge is 0.238 e. The van der Waals surface area contributed by atoms with Gasteiger partial charge in [-0.25, -0.2) is 9.37 Å². The zero-order valence-electron chi connectivity index (χ0n) is 10.1. The molecule has 0 spiro atoms. The van der Waals surface area contributed by atoms with Crippen LogP contribution in [0.1, 0.15) is 5.56 Å². The monoisotopic (exact) mass is 344 g/mol. The molecule has 0 radical (unpaired) electrons. The van der Waals surface area contributed by atoms with Crippen LogP contribution in [0.25, 0.3) is 0 Å². The van der Waals surface area contributed by atoms with E-state index >= 15 is 0 Å². The van der Waals surface area contributed by atoms with Crippen LogP contribution < -0.4 is 10.1 Å². The van der Waals surface area contributed by atoms with Crippen molar-refractivity contribution in [3.8, 4) is 11.6 Å². The maximum Gasteiger partial charge on any atom is 0.238 e. The van der Waals surface area contributed by atoms with Gasteiger partial charge in [0.1, 0.15) is 16.6 Å². The van der Waals surface area contributed by atoms with Gasteiger partial charge in [-0.15, -0.1) is 0 Å². The molecule has 1 aromatic heterocycles. The Labute approximate surface area is 123 Å². The normalized spacial score (nSPS) is 10.5. The van der Waals surface area contributed by atoms with E-state index in [4.69, 9.17) is 16.3 Å². The lowest BCUT2D eigenvalue weighted by Crippen LogP contribution is -2.05. The Balaban J connectivity index is 2.23. The van der Waals surface area contributed by atoms with Gasteiger partial charge in [0.25, 0.3) is 0 Å². The fourth-order valence-corrected chi connectivity index (χ4v) is 2.16. The highest BCUT2D eigenvalue weighted by atomic mass is 79.9. The van der Waals surface area contributed by atoms with E-state index in [0.717, 1.165) is 5.56 Å². The van der Waals surface area contributed by atoms with Gasteiger partial charge in [0.05, 0.1) is 4.47 Å². The van der Waals surface area contributed by atoms with Gasteiger partial charge in [-0.1, -0.05) is 11.6 Å². The van der Waals surface area contributed by atoms with Crippen LogP contribution in [0.2, 0.25) is 5.02 Å². The second-order valence-electron chi connectivity index (χ2n) is 3.84. The molecule has 1 heterocycles. The second-order valence-corrected chi connectivity index (χ2v) is 5.10. The van der Waals surface area contributed by atoms with Crippen LogP contribution in [0.5, 0.6) is 11.6 Å². The minimum Gasteiger partial charge on any atom is -0.436 e. The molecule has 3 nitrogen and oxygen atoms in total. The van der Waals surface area contributed by atoms with Crippen LogP contribution in [-0.2, 0) is 6.54 Å². The predicted octanol–water partition coefficient (Wildman–Crippen LogP) is 4.15. The van der Waals surface area contributed by atoms with Crippen molar-refractivity contribution in [1.29, 1.82) is 0 Å². The van der Waals surface area contributed by atoms with E-state index in [0.29, 0.717) is 21.8 Å². The van der Waals surface area contributed by atoms with E-state index in [1.54, 1.807) is 12.3 Å². The zero-order chi connectivity index (χ0) is 13.8. The van der Waals surface area contributed by atoms with E-state index < -0.39 is 0 Å². The van der Waals surface area contributed by atoms with Crippen LogP contribution in [0.4, 0.5) is 4.39 Å². The fraction of sp³-hybridized carbons (Fsp3) is 0.154. The number of ether oxygens (including phenoxy) is 1. The summed E-state index contributed by atoms with van der Waals surface area (Å²) in [6.07, 6.45) is 1.68. The van der Waals surface area contributed by atoms with Crippen molar-refractivity contribution in [3.05, 3.63) is 51.3 Å². The Morgan fingerprint density at radius 3 is 2.84 bits per heavy atom. The highest BCUT2D eigenvalue weighted by Crippen LogP contribution is 2.32. The number of rotatable bonds is 4. The standard InChI is InChI=1S/C13H11BrClFN2O/c1-17-6-8-4-11(15)13(18-7-8)19-12-3-2-9(16)5-10(12)14/h2-5,7,17H,6H2,1H3. The summed E-state index contributed by atoms with van der Waals surface area (Å²) < 4.78 is 19.0. The van der Waals surface area contributed by atoms with Crippen molar-refractivity contribution in [3.63, 3.8) is 0 Å². The summed E-state index contributed by atoms with van der Waals surface area (Å²) in [7, 11) is 1.84. The molecule has 2 aromatic rings. The molecule has 0 aliphatic rings. The van der Waals surface area contributed by atoms with Gasteiger partial charge in [0.15, 0.2) is 0 Å². The number of nitrogens with zero attached hydrogens (tertiary/aromatic N) is 1. The molecule has 0 saturated carbocycles. The van der Waals surface area contributed by atoms with Crippen molar-refractivity contribution in [2.45, 2.75) is 6.54 Å². The molecular weight excluding hydrogens is 335 g/mol. The van der Waals surface area contributed by atoms with E-state index in [9.17, 15) is 4.39 Å². The fourth-order valence-electron chi connectivity index (χ4n) is 1.50. The highest BCUT2D eigenvalue weighted by molar-refractivity contribution is 9.10. The van der Waals surface area contributed by atoms with Gasteiger partial charge < -0.3 is 10.1 Å². The molecule has 0 aliphatic carbocycles. The second kappa shape index (κ2) is 6.32. The van der Waals surface area contributed by atoms with E-state index in [-0.39, 0.29) is 11.7 Å². The average molecular weight is 346 g/mol. The molecule has 1 aromatic carbocycles. The molecule has 0 atom stereocenters. The lowest BCUT2D eigenvalue weighted by molar-refractivity contribution is 0.458. The molecular formula is C13H11BrClFN2O. The lowest BCUT2D eigenvalue weighted by Gasteiger charge is -2.09. The summed E-state index contributed by atoms with van der Waals surface area (Å²) in [5.74, 6) is 0.397. The Morgan fingerprint density at radius 2 is 2.21 bits per heavy atom. The first-order chi connectivity index (χ1) is 9.10. The molecule has 100 valence electrons. The number of halogens is 3. The van der Waals surface area contributed by atoms with E-state index in [1.807, 2.05) is 7.05 Å². The summed E-state index contributed by atoms with van der Waals surface area (Å²) in [5.41, 5.74) is 0.957. The first-order valence-electron chi connectivity index (χ1n) is 5.52. The summed E-state index contributed by atoms with van der Waals surface area (Å²) in [5, 5.41) is 3.41. The minimum absolute atomic E-state index is 0.286. The lowest BCUT2D eigenvalue weighted by atomic mass is 10.3. The first-order valence-corrected chi connectivity index (χ1v) is 6.69. The topological polar surface area (TPSA) is 34.2 Å². The molecule has 0 bridgehead atoms. The van der Waals surface area contributed by atoms with Crippen molar-refractivity contribution in [2.24, 2.45) is 0 Å². The van der Waals surface area contributed by atoms with Crippen molar-refractivity contribution in [1.82, 2.24) is 10.3 Å². The number of hydrogen-bond acceptors (Lipinski definition) is 3. The van der Waals surface area contributed by atoms with Crippen molar-refractivity contribution >= 4 is 27.5 Å². The van der Waals surface area contributed by atoms with Gasteiger partial charge >= 0.3 is 0 Å². The quantitative estimate of drug-likeness (QED) is 0.904. The Morgan fingerprint density at radius 1 is 1.42 bits per heavy atom. The third-order valence-electron chi connectivity index (χ3n) is 2.35. The molecule has 19 heavy (non-hydrogen) atoms. The van der Waals surface area contributed by atoms with E-state index in [2.05, 4.69) is 26.2 Å². The van der Waals surface area contributed by atoms with Gasteiger partial charge in [-0.05, 0) is 52.8 Å². The first kappa shape index (κ1) is 14.2. The Kier molecular flexibility index (Phi) is 4.74. The summed E-state index contributed by atoms with van der Waals surface area (Å²) in [4.78, 5) is 4.15. The third-order valence-corrected chi connectivity index (χ3v) is 3.24. The van der Waals surface area contributed by atoms with Crippen LogP contribution in [0.15, 0.2) is 34.9 Å². The van der Waals surface area contributed by atoms with Crippen molar-refractivity contribution < 1.29 is 9.13 Å². The third kappa shape index (κ3) is 3.65. The molecule has 0 aliphatic heterocycles. The average Bonchev–Trinajstić information content (AvgIpc) is 2.36. The minimum atomic E-state index is -0.345. The molecule has 6 heteroatoms. The van der Waals surface area contributed by atoms with Crippen LogP contribution in [0, 0.1) is 5.82 Å². The zero-order valence-corrected chi connectivity index (χ0v) is 12.4. The van der Waals surface area contributed by atoms with Gasteiger partial charge in [0.2, 0.25) is 5.88 Å². The number of nitrogens with one attached hydrogen (secondary N) is 1. The van der Waals surface area contributed by atoms with Crippen molar-refractivity contribution in [2.75, 3.05) is 7.05 Å². The van der Waals surface area contributed by atoms with Crippen LogP contribution >= 0.6 is 27.5 Å². The Bertz CT molecular complexity index is 595. The molecule has 0 fully saturated rings. The number of pyridine rings is 1. The number of hydrogen-bond donors (Lipinski definition) is 1. The summed E-state index contributed by atoms with van der Waals surface area (Å²) in [6, 6.07) is 5.92. The molecule has 0 unspecified atom stereocenters.